The predicted molar refractivity (Wildman–Crippen MR) is 149 cm³/mol. The zero-order valence-corrected chi connectivity index (χ0v) is 25.2. The molecular formula is C27H33N2O6P2Pd-. The van der Waals surface area contributed by atoms with Crippen LogP contribution in [-0.4, -0.2) is 50.1 Å². The van der Waals surface area contributed by atoms with Crippen LogP contribution < -0.4 is 21.2 Å². The molecule has 1 saturated carbocycles. The third kappa shape index (κ3) is 11.1. The molecule has 2 aromatic carbocycles. The Bertz CT molecular complexity index is 1060. The molecule has 1 fully saturated rings. The number of ether oxygens (including phenoxy) is 2. The van der Waals surface area contributed by atoms with E-state index in [1.165, 1.54) is 14.2 Å². The van der Waals surface area contributed by atoms with E-state index in [1.54, 1.807) is 0 Å². The van der Waals surface area contributed by atoms with Crippen molar-refractivity contribution in [3.63, 3.8) is 0 Å². The van der Waals surface area contributed by atoms with Crippen LogP contribution in [0.4, 0.5) is 0 Å². The molecule has 8 nitrogen and oxygen atoms in total. The Balaban J connectivity index is 0.000000514. The van der Waals surface area contributed by atoms with Gasteiger partial charge in [0, 0.05) is 43.6 Å². The van der Waals surface area contributed by atoms with E-state index in [1.807, 2.05) is 48.5 Å². The minimum absolute atomic E-state index is 0. The van der Waals surface area contributed by atoms with Crippen LogP contribution in [0, 0.1) is 6.08 Å². The first-order valence-electron chi connectivity index (χ1n) is 11.8. The van der Waals surface area contributed by atoms with Crippen molar-refractivity contribution >= 4 is 52.8 Å². The zero-order chi connectivity index (χ0) is 27.2. The van der Waals surface area contributed by atoms with E-state index in [4.69, 9.17) is 0 Å². The van der Waals surface area contributed by atoms with E-state index < -0.39 is 11.9 Å². The second kappa shape index (κ2) is 18.0. The first kappa shape index (κ1) is 33.6. The summed E-state index contributed by atoms with van der Waals surface area (Å²) < 4.78 is 8.55. The van der Waals surface area contributed by atoms with Gasteiger partial charge < -0.3 is 24.9 Å². The third-order valence-corrected chi connectivity index (χ3v) is 6.71. The minimum atomic E-state index is -0.533. The number of benzene rings is 2. The summed E-state index contributed by atoms with van der Waals surface area (Å²) in [6.45, 7) is 0. The molecular weight excluding hydrogens is 617 g/mol. The van der Waals surface area contributed by atoms with E-state index in [0.717, 1.165) is 42.4 Å². The van der Waals surface area contributed by atoms with Crippen LogP contribution >= 0.6 is 18.5 Å². The van der Waals surface area contributed by atoms with Crippen molar-refractivity contribution in [3.05, 3.63) is 71.8 Å². The van der Waals surface area contributed by atoms with Crippen LogP contribution in [-0.2, 0) is 39.5 Å². The Hall–Kier alpha value is -2.42. The molecule has 1 aliphatic rings. The van der Waals surface area contributed by atoms with Gasteiger partial charge in [0.2, 0.25) is 0 Å². The number of rotatable bonds is 7. The van der Waals surface area contributed by atoms with E-state index in [0.29, 0.717) is 11.1 Å². The fraction of sp³-hybridized carbons (Fsp3) is 0.333. The standard InChI is InChI=1S/C20H24N2O2P2.C7H9O4.Pd/c23-19(13-7-1-5-11-17(13)25)21-15-9-3-4-10-16(15)22-20(24)14-8-2-6-12-18(14)26;1-10-6(8)4-3-5-7(9)11-2;/h1-2,5-8,11-12,15-16H,3-4,9-10,25-26H2,(H,21,23)(H,22,24);4H,5H2,1-2H3;/q;-1;. The Kier molecular flexibility index (Phi) is 15.9. The molecule has 2 N–H and O–H groups in total. The van der Waals surface area contributed by atoms with Gasteiger partial charge in [0.1, 0.15) is 0 Å². The maximum Gasteiger partial charge on any atom is 0.291 e. The van der Waals surface area contributed by atoms with Gasteiger partial charge in [-0.3, -0.25) is 20.5 Å². The number of carbonyl (C=O) groups is 4. The summed E-state index contributed by atoms with van der Waals surface area (Å²) in [6.07, 6.45) is 7.29. The summed E-state index contributed by atoms with van der Waals surface area (Å²) >= 11 is 0. The van der Waals surface area contributed by atoms with Crippen LogP contribution in [0.2, 0.25) is 0 Å². The van der Waals surface area contributed by atoms with Crippen LogP contribution in [0.25, 0.3) is 0 Å². The second-order valence-corrected chi connectivity index (χ2v) is 9.49. The smallest absolute Gasteiger partial charge is 0.291 e. The molecule has 0 heterocycles. The molecule has 4 unspecified atom stereocenters. The van der Waals surface area contributed by atoms with Gasteiger partial charge in [0.15, 0.2) is 5.97 Å². The normalized spacial score (nSPS) is 16.2. The van der Waals surface area contributed by atoms with Crippen molar-refractivity contribution in [3.8, 4) is 0 Å². The molecule has 0 radical (unpaired) electrons. The van der Waals surface area contributed by atoms with Gasteiger partial charge in [-0.15, -0.1) is 18.5 Å². The molecule has 2 aromatic rings. The molecule has 0 bridgehead atoms. The summed E-state index contributed by atoms with van der Waals surface area (Å²) in [6, 6.07) is 14.9. The van der Waals surface area contributed by atoms with Crippen molar-refractivity contribution in [1.29, 1.82) is 0 Å². The summed E-state index contributed by atoms with van der Waals surface area (Å²) in [7, 11) is 7.71. The molecule has 3 rings (SSSR count). The van der Waals surface area contributed by atoms with Gasteiger partial charge in [0.05, 0.1) is 14.2 Å². The molecule has 11 heteroatoms. The average Bonchev–Trinajstić information content (AvgIpc) is 2.90. The number of esters is 2. The van der Waals surface area contributed by atoms with E-state index in [2.05, 4.69) is 44.7 Å². The van der Waals surface area contributed by atoms with E-state index >= 15 is 0 Å². The van der Waals surface area contributed by atoms with Gasteiger partial charge in [-0.1, -0.05) is 49.2 Å². The van der Waals surface area contributed by atoms with Crippen LogP contribution in [0.1, 0.15) is 52.8 Å². The Morgan fingerprint density at radius 2 is 1.29 bits per heavy atom. The molecule has 38 heavy (non-hydrogen) atoms. The first-order valence-corrected chi connectivity index (χ1v) is 12.9. The SMILES string of the molecule is COC(=O)C=[C-]CC(=O)OC.O=C(NC1CCCCC1NC(=O)c1ccccc1P)c1ccccc1P.[Pd]. The average molecular weight is 650 g/mol. The van der Waals surface area contributed by atoms with Crippen molar-refractivity contribution in [2.45, 2.75) is 44.2 Å². The molecule has 0 aliphatic heterocycles. The van der Waals surface area contributed by atoms with Crippen molar-refractivity contribution < 1.29 is 49.1 Å². The summed E-state index contributed by atoms with van der Waals surface area (Å²) in [5.74, 6) is -1.15. The minimum Gasteiger partial charge on any atom is -0.550 e. The monoisotopic (exact) mass is 649 g/mol. The van der Waals surface area contributed by atoms with E-state index in [9.17, 15) is 19.2 Å². The maximum absolute atomic E-state index is 12.6. The molecule has 4 atom stereocenters. The third-order valence-electron chi connectivity index (χ3n) is 5.70. The van der Waals surface area contributed by atoms with Gasteiger partial charge in [-0.25, -0.2) is 0 Å². The van der Waals surface area contributed by atoms with Crippen molar-refractivity contribution in [2.24, 2.45) is 0 Å². The molecule has 0 aromatic heterocycles. The number of methoxy groups -OCH3 is 2. The molecule has 208 valence electrons. The van der Waals surface area contributed by atoms with Crippen molar-refractivity contribution in [1.82, 2.24) is 10.6 Å². The number of amides is 2. The van der Waals surface area contributed by atoms with Gasteiger partial charge in [0.25, 0.3) is 17.8 Å². The van der Waals surface area contributed by atoms with E-state index in [-0.39, 0.29) is 50.7 Å². The number of hydrogen-bond donors (Lipinski definition) is 2. The summed E-state index contributed by atoms with van der Waals surface area (Å²) in [4.78, 5) is 46.1. The van der Waals surface area contributed by atoms with Gasteiger partial charge >= 0.3 is 0 Å². The Morgan fingerprint density at radius 1 is 0.842 bits per heavy atom. The van der Waals surface area contributed by atoms with Crippen molar-refractivity contribution in [2.75, 3.05) is 14.2 Å². The Morgan fingerprint density at radius 3 is 1.68 bits per heavy atom. The summed E-state index contributed by atoms with van der Waals surface area (Å²) in [5, 5.41) is 8.00. The fourth-order valence-corrected chi connectivity index (χ4v) is 4.40. The maximum atomic E-state index is 12.6. The second-order valence-electron chi connectivity index (χ2n) is 8.24. The number of nitrogens with one attached hydrogen (secondary N) is 2. The van der Waals surface area contributed by atoms with Crippen LogP contribution in [0.3, 0.4) is 0 Å². The zero-order valence-electron chi connectivity index (χ0n) is 21.3. The predicted octanol–water partition coefficient (Wildman–Crippen LogP) is 2.24. The number of carbonyl (C=O) groups excluding carboxylic acids is 4. The largest absolute Gasteiger partial charge is 0.550 e. The molecule has 0 saturated heterocycles. The first-order chi connectivity index (χ1) is 17.8. The topological polar surface area (TPSA) is 111 Å². The molecule has 1 aliphatic carbocycles. The van der Waals surface area contributed by atoms with Crippen LogP contribution in [0.5, 0.6) is 0 Å². The molecule has 2 amide bonds. The fourth-order valence-electron chi connectivity index (χ4n) is 3.73. The quantitative estimate of drug-likeness (QED) is 0.157. The van der Waals surface area contributed by atoms with Gasteiger partial charge in [-0.05, 0) is 42.0 Å². The number of hydrogen-bond acceptors (Lipinski definition) is 6. The van der Waals surface area contributed by atoms with Gasteiger partial charge in [-0.2, -0.15) is 6.08 Å². The molecule has 0 spiro atoms. The Labute approximate surface area is 242 Å². The summed E-state index contributed by atoms with van der Waals surface area (Å²) in [5.41, 5.74) is 1.31. The van der Waals surface area contributed by atoms with Crippen LogP contribution in [0.15, 0.2) is 54.6 Å².